The third kappa shape index (κ3) is 3.45. The summed E-state index contributed by atoms with van der Waals surface area (Å²) in [5, 5.41) is 0. The summed E-state index contributed by atoms with van der Waals surface area (Å²) in [6.45, 7) is 1.65. The lowest BCUT2D eigenvalue weighted by Crippen LogP contribution is -2.27. The maximum Gasteiger partial charge on any atom is 0.0399 e. The summed E-state index contributed by atoms with van der Waals surface area (Å²) in [4.78, 5) is 2.15. The van der Waals surface area contributed by atoms with Crippen LogP contribution in [0.2, 0.25) is 0 Å². The number of alkyl halides is 2. The molecule has 0 aliphatic carbocycles. The highest BCUT2D eigenvalue weighted by Gasteiger charge is 2.03. The second-order valence-electron chi connectivity index (χ2n) is 2.63. The third-order valence-corrected chi connectivity index (χ3v) is 2.10. The minimum absolute atomic E-state index is 0.617. The van der Waals surface area contributed by atoms with Gasteiger partial charge in [-0.3, -0.25) is 0 Å². The Morgan fingerprint density at radius 3 is 2.38 bits per heavy atom. The highest BCUT2D eigenvalue weighted by Crippen LogP contribution is 2.12. The van der Waals surface area contributed by atoms with E-state index in [9.17, 15) is 0 Å². The van der Waals surface area contributed by atoms with Crippen molar-refractivity contribution in [3.8, 4) is 0 Å². The Bertz CT molecular complexity index is 220. The Labute approximate surface area is 89.3 Å². The third-order valence-electron chi connectivity index (χ3n) is 1.76. The molecule has 0 atom stereocenters. The van der Waals surface area contributed by atoms with E-state index in [0.717, 1.165) is 18.8 Å². The second-order valence-corrected chi connectivity index (χ2v) is 3.38. The summed E-state index contributed by atoms with van der Waals surface area (Å²) in [5.41, 5.74) is 1.13. The van der Waals surface area contributed by atoms with E-state index < -0.39 is 0 Å². The molecule has 1 aromatic carbocycles. The quantitative estimate of drug-likeness (QED) is 0.685. The largest absolute Gasteiger partial charge is 0.369 e. The molecule has 0 saturated heterocycles. The van der Waals surface area contributed by atoms with Gasteiger partial charge in [0.05, 0.1) is 0 Å². The van der Waals surface area contributed by atoms with Crippen LogP contribution >= 0.6 is 23.2 Å². The van der Waals surface area contributed by atoms with Gasteiger partial charge in [0.1, 0.15) is 0 Å². The number of nitrogens with zero attached hydrogens (tertiary/aromatic N) is 1. The predicted octanol–water partition coefficient (Wildman–Crippen LogP) is 2.77. The summed E-state index contributed by atoms with van der Waals surface area (Å²) in [6.07, 6.45) is 0. The predicted molar refractivity (Wildman–Crippen MR) is 58.9 cm³/mol. The molecule has 1 rings (SSSR count). The molecule has 0 saturated carbocycles. The topological polar surface area (TPSA) is 3.24 Å². The zero-order valence-corrected chi connectivity index (χ0v) is 8.85. The van der Waals surface area contributed by atoms with Gasteiger partial charge in [-0.05, 0) is 18.2 Å². The first kappa shape index (κ1) is 10.7. The summed E-state index contributed by atoms with van der Waals surface area (Å²) in [7, 11) is 0. The Morgan fingerprint density at radius 1 is 1.23 bits per heavy atom. The van der Waals surface area contributed by atoms with Crippen LogP contribution in [0.1, 0.15) is 0 Å². The number of hydrogen-bond acceptors (Lipinski definition) is 1. The van der Waals surface area contributed by atoms with Crippen molar-refractivity contribution in [3.05, 3.63) is 30.3 Å². The van der Waals surface area contributed by atoms with Crippen molar-refractivity contribution in [1.82, 2.24) is 0 Å². The molecule has 0 spiro atoms. The fourth-order valence-electron chi connectivity index (χ4n) is 1.15. The van der Waals surface area contributed by atoms with Crippen molar-refractivity contribution in [1.29, 1.82) is 0 Å². The smallest absolute Gasteiger partial charge is 0.0399 e. The molecule has 1 nitrogen and oxygen atoms in total. The lowest BCUT2D eigenvalue weighted by Gasteiger charge is -2.22. The zero-order valence-electron chi connectivity index (χ0n) is 7.34. The fraction of sp³-hybridized carbons (Fsp3) is 0.400. The molecule has 1 aromatic rings. The van der Waals surface area contributed by atoms with Crippen molar-refractivity contribution < 1.29 is 0 Å². The lowest BCUT2D eigenvalue weighted by molar-refractivity contribution is 0.874. The summed E-state index contributed by atoms with van der Waals surface area (Å²) in [5.74, 6) is 1.23. The van der Waals surface area contributed by atoms with E-state index in [1.54, 1.807) is 0 Å². The van der Waals surface area contributed by atoms with E-state index >= 15 is 0 Å². The van der Waals surface area contributed by atoms with E-state index in [1.165, 1.54) is 0 Å². The van der Waals surface area contributed by atoms with Crippen LogP contribution in [0.15, 0.2) is 24.3 Å². The van der Waals surface area contributed by atoms with Gasteiger partial charge in [-0.25, -0.2) is 0 Å². The van der Waals surface area contributed by atoms with Crippen LogP contribution in [0.5, 0.6) is 0 Å². The van der Waals surface area contributed by atoms with Gasteiger partial charge in [-0.15, -0.1) is 23.2 Å². The second kappa shape index (κ2) is 6.11. The van der Waals surface area contributed by atoms with E-state index in [0.29, 0.717) is 11.8 Å². The first-order valence-electron chi connectivity index (χ1n) is 4.21. The van der Waals surface area contributed by atoms with Crippen LogP contribution < -0.4 is 4.90 Å². The van der Waals surface area contributed by atoms with Gasteiger partial charge in [0.2, 0.25) is 0 Å². The van der Waals surface area contributed by atoms with E-state index in [-0.39, 0.29) is 0 Å². The normalized spacial score (nSPS) is 10.0. The van der Waals surface area contributed by atoms with Gasteiger partial charge in [-0.2, -0.15) is 0 Å². The Kier molecular flexibility index (Phi) is 5.02. The summed E-state index contributed by atoms with van der Waals surface area (Å²) < 4.78 is 0. The maximum atomic E-state index is 5.69. The Balaban J connectivity index is 2.64. The molecular formula is C10H12Cl2N. The molecule has 0 aliphatic rings. The molecule has 0 N–H and O–H groups in total. The first-order valence-corrected chi connectivity index (χ1v) is 5.28. The van der Waals surface area contributed by atoms with E-state index in [4.69, 9.17) is 23.2 Å². The number of benzene rings is 1. The molecule has 0 bridgehead atoms. The number of hydrogen-bond donors (Lipinski definition) is 0. The molecule has 0 aliphatic heterocycles. The highest BCUT2D eigenvalue weighted by atomic mass is 35.5. The van der Waals surface area contributed by atoms with Gasteiger partial charge >= 0.3 is 0 Å². The number of halogens is 2. The zero-order chi connectivity index (χ0) is 9.52. The van der Waals surface area contributed by atoms with Gasteiger partial charge in [0.25, 0.3) is 0 Å². The average Bonchev–Trinajstić information content (AvgIpc) is 2.19. The molecule has 0 unspecified atom stereocenters. The molecule has 13 heavy (non-hydrogen) atoms. The van der Waals surface area contributed by atoms with Gasteiger partial charge in [-0.1, -0.05) is 12.1 Å². The SMILES string of the molecule is ClCCN(CCCl)c1c[c]ccc1. The van der Waals surface area contributed by atoms with Crippen molar-refractivity contribution in [2.24, 2.45) is 0 Å². The van der Waals surface area contributed by atoms with Crippen LogP contribution in [0.3, 0.4) is 0 Å². The lowest BCUT2D eigenvalue weighted by atomic mass is 10.3. The monoisotopic (exact) mass is 216 g/mol. The van der Waals surface area contributed by atoms with Gasteiger partial charge in [0, 0.05) is 30.5 Å². The van der Waals surface area contributed by atoms with Crippen LogP contribution in [-0.2, 0) is 0 Å². The summed E-state index contributed by atoms with van der Waals surface area (Å²) in [6, 6.07) is 10.9. The molecule has 0 amide bonds. The maximum absolute atomic E-state index is 5.69. The molecule has 0 aromatic heterocycles. The minimum Gasteiger partial charge on any atom is -0.369 e. The Morgan fingerprint density at radius 2 is 1.92 bits per heavy atom. The fourth-order valence-corrected chi connectivity index (χ4v) is 1.56. The van der Waals surface area contributed by atoms with E-state index in [1.807, 2.05) is 24.3 Å². The molecule has 3 heteroatoms. The van der Waals surface area contributed by atoms with Gasteiger partial charge in [0.15, 0.2) is 0 Å². The highest BCUT2D eigenvalue weighted by molar-refractivity contribution is 6.18. The Hall–Kier alpha value is -0.400. The number of anilines is 1. The van der Waals surface area contributed by atoms with Crippen molar-refractivity contribution in [2.75, 3.05) is 29.7 Å². The minimum atomic E-state index is 0.617. The van der Waals surface area contributed by atoms with Crippen LogP contribution in [-0.4, -0.2) is 24.8 Å². The molecule has 71 valence electrons. The molecule has 0 heterocycles. The average molecular weight is 217 g/mol. The molecule has 1 radical (unpaired) electrons. The molecular weight excluding hydrogens is 205 g/mol. The summed E-state index contributed by atoms with van der Waals surface area (Å²) >= 11 is 11.4. The van der Waals surface area contributed by atoms with E-state index in [2.05, 4.69) is 11.0 Å². The van der Waals surface area contributed by atoms with Crippen molar-refractivity contribution >= 4 is 28.9 Å². The molecule has 0 fully saturated rings. The number of rotatable bonds is 5. The standard InChI is InChI=1S/C10H12Cl2N/c11-6-8-13(9-7-12)10-4-2-1-3-5-10/h1-2,4-5H,6-9H2. The van der Waals surface area contributed by atoms with Gasteiger partial charge < -0.3 is 4.90 Å². The van der Waals surface area contributed by atoms with Crippen molar-refractivity contribution in [2.45, 2.75) is 0 Å². The van der Waals surface area contributed by atoms with Crippen LogP contribution in [0.4, 0.5) is 5.69 Å². The first-order chi connectivity index (χ1) is 6.38. The van der Waals surface area contributed by atoms with Crippen LogP contribution in [0.25, 0.3) is 0 Å². The van der Waals surface area contributed by atoms with Crippen LogP contribution in [0, 0.1) is 6.07 Å². The van der Waals surface area contributed by atoms with Crippen molar-refractivity contribution in [3.63, 3.8) is 0 Å².